The maximum Gasteiger partial charge on any atom is 0.227 e. The molecule has 3 aromatic carbocycles. The van der Waals surface area contributed by atoms with Crippen LogP contribution in [0.5, 0.6) is 0 Å². The van der Waals surface area contributed by atoms with E-state index in [1.165, 1.54) is 30.5 Å². The quantitative estimate of drug-likeness (QED) is 0.558. The highest BCUT2D eigenvalue weighted by atomic mass is 19.1. The van der Waals surface area contributed by atoms with Gasteiger partial charge in [0.1, 0.15) is 11.6 Å². The van der Waals surface area contributed by atoms with Crippen LogP contribution in [0.2, 0.25) is 0 Å². The molecule has 0 radical (unpaired) electrons. The van der Waals surface area contributed by atoms with Crippen LogP contribution < -0.4 is 10.2 Å². The molecule has 6 heteroatoms. The second-order valence-corrected chi connectivity index (χ2v) is 6.92. The number of hydrogen-bond donors (Lipinski definition) is 2. The van der Waals surface area contributed by atoms with E-state index in [-0.39, 0.29) is 23.6 Å². The monoisotopic (exact) mass is 391 g/mol. The summed E-state index contributed by atoms with van der Waals surface area (Å²) in [4.78, 5) is 14.3. The Hall–Kier alpha value is -3.54. The van der Waals surface area contributed by atoms with E-state index in [1.54, 1.807) is 41.3 Å². The van der Waals surface area contributed by atoms with Crippen molar-refractivity contribution in [2.24, 2.45) is 0 Å². The molecule has 146 valence electrons. The van der Waals surface area contributed by atoms with Crippen LogP contribution in [0.4, 0.5) is 25.8 Å². The van der Waals surface area contributed by atoms with E-state index in [0.717, 1.165) is 5.56 Å². The van der Waals surface area contributed by atoms with Gasteiger partial charge in [0.05, 0.1) is 6.04 Å². The Bertz CT molecular complexity index is 1050. The molecule has 2 N–H and O–H groups in total. The number of nitrogens with zero attached hydrogens (tertiary/aromatic N) is 1. The summed E-state index contributed by atoms with van der Waals surface area (Å²) in [5, 5.41) is 10.9. The molecule has 0 bridgehead atoms. The average Bonchev–Trinajstić information content (AvgIpc) is 3.12. The van der Waals surface area contributed by atoms with E-state index in [9.17, 15) is 13.6 Å². The molecule has 0 saturated carbocycles. The number of rotatable bonds is 5. The van der Waals surface area contributed by atoms with Crippen molar-refractivity contribution in [1.82, 2.24) is 0 Å². The van der Waals surface area contributed by atoms with Crippen LogP contribution in [0.1, 0.15) is 30.0 Å². The Balaban J connectivity index is 1.65. The SMILES string of the molecule is N=Cc1cc(N2C(=O)CCC2c2ccc(F)cc2)ccc1Nc1ccc(F)cc1. The van der Waals surface area contributed by atoms with Crippen LogP contribution in [-0.2, 0) is 4.79 Å². The number of amides is 1. The maximum atomic E-state index is 13.3. The highest BCUT2D eigenvalue weighted by molar-refractivity contribution is 5.98. The topological polar surface area (TPSA) is 56.2 Å². The molecule has 0 spiro atoms. The predicted molar refractivity (Wildman–Crippen MR) is 110 cm³/mol. The molecule has 4 nitrogen and oxygen atoms in total. The molecule has 1 aliphatic heterocycles. The Morgan fingerprint density at radius 2 is 1.62 bits per heavy atom. The smallest absolute Gasteiger partial charge is 0.227 e. The van der Waals surface area contributed by atoms with Gasteiger partial charge >= 0.3 is 0 Å². The van der Waals surface area contributed by atoms with Crippen LogP contribution in [0, 0.1) is 17.0 Å². The van der Waals surface area contributed by atoms with E-state index in [0.29, 0.717) is 35.5 Å². The summed E-state index contributed by atoms with van der Waals surface area (Å²) < 4.78 is 26.4. The van der Waals surface area contributed by atoms with Gasteiger partial charge in [0.15, 0.2) is 0 Å². The molecule has 1 saturated heterocycles. The van der Waals surface area contributed by atoms with Crippen molar-refractivity contribution >= 4 is 29.2 Å². The summed E-state index contributed by atoms with van der Waals surface area (Å²) in [5.41, 5.74) is 3.54. The average molecular weight is 391 g/mol. The molecule has 3 aromatic rings. The minimum atomic E-state index is -0.322. The second kappa shape index (κ2) is 7.83. The normalized spacial score (nSPS) is 16.1. The fourth-order valence-electron chi connectivity index (χ4n) is 3.63. The number of hydrogen-bond acceptors (Lipinski definition) is 3. The van der Waals surface area contributed by atoms with Crippen molar-refractivity contribution in [2.75, 3.05) is 10.2 Å². The van der Waals surface area contributed by atoms with Crippen LogP contribution in [0.15, 0.2) is 66.7 Å². The third kappa shape index (κ3) is 3.87. The van der Waals surface area contributed by atoms with Crippen molar-refractivity contribution in [2.45, 2.75) is 18.9 Å². The van der Waals surface area contributed by atoms with Crippen molar-refractivity contribution in [3.8, 4) is 0 Å². The third-order valence-corrected chi connectivity index (χ3v) is 5.06. The summed E-state index contributed by atoms with van der Waals surface area (Å²) in [6, 6.07) is 17.4. The fourth-order valence-corrected chi connectivity index (χ4v) is 3.63. The van der Waals surface area contributed by atoms with Crippen LogP contribution in [0.25, 0.3) is 0 Å². The van der Waals surface area contributed by atoms with Gasteiger partial charge in [-0.15, -0.1) is 0 Å². The zero-order valence-electron chi connectivity index (χ0n) is 15.5. The first-order valence-electron chi connectivity index (χ1n) is 9.30. The van der Waals surface area contributed by atoms with Crippen molar-refractivity contribution in [1.29, 1.82) is 5.41 Å². The molecule has 1 aliphatic rings. The van der Waals surface area contributed by atoms with Gasteiger partial charge in [0, 0.05) is 35.3 Å². The lowest BCUT2D eigenvalue weighted by Crippen LogP contribution is -2.27. The fraction of sp³-hybridized carbons (Fsp3) is 0.130. The summed E-state index contributed by atoms with van der Waals surface area (Å²) in [6.45, 7) is 0. The van der Waals surface area contributed by atoms with Gasteiger partial charge in [0.25, 0.3) is 0 Å². The van der Waals surface area contributed by atoms with Gasteiger partial charge < -0.3 is 15.6 Å². The summed E-state index contributed by atoms with van der Waals surface area (Å²) in [7, 11) is 0. The van der Waals surface area contributed by atoms with Crippen LogP contribution in [-0.4, -0.2) is 12.1 Å². The third-order valence-electron chi connectivity index (χ3n) is 5.06. The minimum Gasteiger partial charge on any atom is -0.355 e. The zero-order valence-corrected chi connectivity index (χ0v) is 15.5. The Morgan fingerprint density at radius 3 is 2.28 bits per heavy atom. The lowest BCUT2D eigenvalue weighted by molar-refractivity contribution is -0.117. The van der Waals surface area contributed by atoms with E-state index < -0.39 is 0 Å². The lowest BCUT2D eigenvalue weighted by atomic mass is 10.0. The number of carbonyl (C=O) groups is 1. The second-order valence-electron chi connectivity index (χ2n) is 6.92. The van der Waals surface area contributed by atoms with Gasteiger partial charge in [-0.05, 0) is 66.6 Å². The number of nitrogens with one attached hydrogen (secondary N) is 2. The van der Waals surface area contributed by atoms with Gasteiger partial charge in [-0.25, -0.2) is 8.78 Å². The van der Waals surface area contributed by atoms with Crippen molar-refractivity contribution < 1.29 is 13.6 Å². The molecular weight excluding hydrogens is 372 g/mol. The standard InChI is InChI=1S/C23H19F2N3O/c24-17-3-1-15(2-4-17)22-11-12-23(29)28(22)20-9-10-21(16(13-20)14-26)27-19-7-5-18(25)6-8-19/h1-10,13-14,22,26-27H,11-12H2. The first kappa shape index (κ1) is 18.8. The largest absolute Gasteiger partial charge is 0.355 e. The first-order valence-corrected chi connectivity index (χ1v) is 9.30. The maximum absolute atomic E-state index is 13.3. The predicted octanol–water partition coefficient (Wildman–Crippen LogP) is 5.57. The molecule has 1 heterocycles. The van der Waals surface area contributed by atoms with E-state index in [2.05, 4.69) is 5.32 Å². The number of carbonyl (C=O) groups excluding carboxylic acids is 1. The zero-order chi connectivity index (χ0) is 20.4. The summed E-state index contributed by atoms with van der Waals surface area (Å²) in [6.07, 6.45) is 2.28. The van der Waals surface area contributed by atoms with Crippen molar-refractivity contribution in [3.05, 3.63) is 89.5 Å². The lowest BCUT2D eigenvalue weighted by Gasteiger charge is -2.26. The molecule has 1 unspecified atom stereocenters. The van der Waals surface area contributed by atoms with Crippen LogP contribution in [0.3, 0.4) is 0 Å². The van der Waals surface area contributed by atoms with Gasteiger partial charge in [-0.1, -0.05) is 12.1 Å². The Morgan fingerprint density at radius 1 is 0.966 bits per heavy atom. The highest BCUT2D eigenvalue weighted by Crippen LogP contribution is 2.38. The van der Waals surface area contributed by atoms with E-state index in [4.69, 9.17) is 5.41 Å². The van der Waals surface area contributed by atoms with E-state index in [1.807, 2.05) is 6.07 Å². The van der Waals surface area contributed by atoms with Gasteiger partial charge in [0.2, 0.25) is 5.91 Å². The Labute approximate surface area is 167 Å². The molecule has 0 aromatic heterocycles. The summed E-state index contributed by atoms with van der Waals surface area (Å²) >= 11 is 0. The van der Waals surface area contributed by atoms with Crippen molar-refractivity contribution in [3.63, 3.8) is 0 Å². The highest BCUT2D eigenvalue weighted by Gasteiger charge is 2.33. The minimum absolute atomic E-state index is 0.00509. The Kier molecular flexibility index (Phi) is 5.08. The molecule has 1 fully saturated rings. The molecular formula is C23H19F2N3O. The van der Waals surface area contributed by atoms with Gasteiger partial charge in [-0.2, -0.15) is 0 Å². The number of halogens is 2. The molecule has 1 atom stereocenters. The summed E-state index contributed by atoms with van der Waals surface area (Å²) in [5.74, 6) is -0.640. The first-order chi connectivity index (χ1) is 14.0. The number of anilines is 3. The van der Waals surface area contributed by atoms with E-state index >= 15 is 0 Å². The number of benzene rings is 3. The van der Waals surface area contributed by atoms with Crippen LogP contribution >= 0.6 is 0 Å². The van der Waals surface area contributed by atoms with Gasteiger partial charge in [-0.3, -0.25) is 4.79 Å². The molecule has 0 aliphatic carbocycles. The molecule has 29 heavy (non-hydrogen) atoms. The molecule has 4 rings (SSSR count). The molecule has 1 amide bonds.